The van der Waals surface area contributed by atoms with Gasteiger partial charge in [0.05, 0.1) is 16.2 Å². The van der Waals surface area contributed by atoms with E-state index in [-0.39, 0.29) is 11.7 Å². The van der Waals surface area contributed by atoms with Crippen molar-refractivity contribution in [2.45, 2.75) is 43.7 Å². The van der Waals surface area contributed by atoms with Crippen molar-refractivity contribution in [1.82, 2.24) is 0 Å². The number of halogens is 2. The lowest BCUT2D eigenvalue weighted by Crippen LogP contribution is -2.24. The van der Waals surface area contributed by atoms with Gasteiger partial charge in [0.2, 0.25) is 0 Å². The lowest BCUT2D eigenvalue weighted by Gasteiger charge is -2.20. The van der Waals surface area contributed by atoms with E-state index >= 15 is 0 Å². The predicted octanol–water partition coefficient (Wildman–Crippen LogP) is 4.68. The van der Waals surface area contributed by atoms with Crippen molar-refractivity contribution < 1.29 is 9.47 Å². The largest absolute Gasteiger partial charge is 0.489 e. The van der Waals surface area contributed by atoms with Crippen LogP contribution in [0.2, 0.25) is 0 Å². The van der Waals surface area contributed by atoms with Gasteiger partial charge in [-0.2, -0.15) is 0 Å². The maximum Gasteiger partial charge on any atom is 0.137 e. The molecule has 1 aromatic rings. The zero-order chi connectivity index (χ0) is 13.2. The summed E-state index contributed by atoms with van der Waals surface area (Å²) in [4.78, 5) is 0. The third-order valence-electron chi connectivity index (χ3n) is 3.16. The zero-order valence-electron chi connectivity index (χ0n) is 10.7. The lowest BCUT2D eigenvalue weighted by atomic mass is 10.1. The van der Waals surface area contributed by atoms with Gasteiger partial charge in [-0.25, -0.2) is 0 Å². The third kappa shape index (κ3) is 3.49. The Bertz CT molecular complexity index is 418. The van der Waals surface area contributed by atoms with Gasteiger partial charge in [-0.1, -0.05) is 28.1 Å². The van der Waals surface area contributed by atoms with Crippen LogP contribution in [-0.2, 0) is 10.1 Å². The maximum atomic E-state index is 5.93. The molecule has 1 aromatic carbocycles. The smallest absolute Gasteiger partial charge is 0.137 e. The monoisotopic (exact) mass is 376 g/mol. The minimum atomic E-state index is 0.000198. The predicted molar refractivity (Wildman–Crippen MR) is 80.5 cm³/mol. The summed E-state index contributed by atoms with van der Waals surface area (Å²) in [5, 5.41) is 0.790. The van der Waals surface area contributed by atoms with Crippen LogP contribution < -0.4 is 4.74 Å². The number of rotatable bonds is 4. The Kier molecular flexibility index (Phi) is 4.73. The summed E-state index contributed by atoms with van der Waals surface area (Å²) < 4.78 is 12.9. The van der Waals surface area contributed by atoms with Gasteiger partial charge in [0.1, 0.15) is 12.4 Å². The van der Waals surface area contributed by atoms with Crippen molar-refractivity contribution in [3.8, 4) is 5.75 Å². The highest BCUT2D eigenvalue weighted by atomic mass is 79.9. The molecule has 0 aliphatic carbocycles. The summed E-state index contributed by atoms with van der Waals surface area (Å²) in [6, 6.07) is 6.08. The van der Waals surface area contributed by atoms with Gasteiger partial charge >= 0.3 is 0 Å². The topological polar surface area (TPSA) is 18.5 Å². The number of hydrogen-bond donors (Lipinski definition) is 0. The molecule has 0 amide bonds. The summed E-state index contributed by atoms with van der Waals surface area (Å²) in [6.45, 7) is 4.89. The van der Waals surface area contributed by atoms with Crippen LogP contribution in [-0.4, -0.2) is 18.3 Å². The molecule has 1 fully saturated rings. The first-order valence-corrected chi connectivity index (χ1v) is 8.07. The first-order valence-electron chi connectivity index (χ1n) is 6.16. The average molecular weight is 378 g/mol. The van der Waals surface area contributed by atoms with E-state index in [1.807, 2.05) is 12.1 Å². The molecular weight excluding hydrogens is 360 g/mol. The normalized spacial score (nSPS) is 22.1. The Morgan fingerprint density at radius 3 is 2.83 bits per heavy atom. The molecule has 1 atom stereocenters. The van der Waals surface area contributed by atoms with Crippen LogP contribution in [0.15, 0.2) is 22.7 Å². The van der Waals surface area contributed by atoms with Gasteiger partial charge in [-0.15, -0.1) is 0 Å². The molecular formula is C14H18Br2O2. The summed E-state index contributed by atoms with van der Waals surface area (Å²) in [6.07, 6.45) is 2.37. The van der Waals surface area contributed by atoms with Crippen molar-refractivity contribution in [2.75, 3.05) is 6.61 Å². The Morgan fingerprint density at radius 1 is 1.44 bits per heavy atom. The summed E-state index contributed by atoms with van der Waals surface area (Å²) >= 11 is 7.02. The molecule has 2 rings (SSSR count). The first-order chi connectivity index (χ1) is 8.52. The summed E-state index contributed by atoms with van der Waals surface area (Å²) in [5.41, 5.74) is 1.15. The standard InChI is InChI=1S/C14H18Br2O2/c1-14(2)7-6-11(18-14)9-17-13-10(8-15)4-3-5-12(13)16/h3-5,11H,6-9H2,1-2H3. The molecule has 0 bridgehead atoms. The van der Waals surface area contributed by atoms with E-state index in [1.54, 1.807) is 0 Å². The number of alkyl halides is 1. The molecule has 1 unspecified atom stereocenters. The molecule has 2 nitrogen and oxygen atoms in total. The molecule has 1 heterocycles. The number of hydrogen-bond acceptors (Lipinski definition) is 2. The molecule has 1 saturated heterocycles. The molecule has 0 N–H and O–H groups in total. The fourth-order valence-electron chi connectivity index (χ4n) is 2.19. The molecule has 18 heavy (non-hydrogen) atoms. The Balaban J connectivity index is 1.98. The van der Waals surface area contributed by atoms with E-state index in [1.165, 1.54) is 0 Å². The minimum absolute atomic E-state index is 0.000198. The minimum Gasteiger partial charge on any atom is -0.489 e. The van der Waals surface area contributed by atoms with Crippen LogP contribution >= 0.6 is 31.9 Å². The third-order valence-corrected chi connectivity index (χ3v) is 4.39. The maximum absolute atomic E-state index is 5.93. The molecule has 100 valence electrons. The quantitative estimate of drug-likeness (QED) is 0.709. The second-order valence-electron chi connectivity index (χ2n) is 5.21. The van der Waals surface area contributed by atoms with Crippen LogP contribution in [0.5, 0.6) is 5.75 Å². The van der Waals surface area contributed by atoms with Crippen molar-refractivity contribution in [2.24, 2.45) is 0 Å². The van der Waals surface area contributed by atoms with Gasteiger partial charge in [-0.05, 0) is 48.7 Å². The number of para-hydroxylation sites is 1. The zero-order valence-corrected chi connectivity index (χ0v) is 13.9. The molecule has 1 aliphatic heterocycles. The van der Waals surface area contributed by atoms with E-state index in [2.05, 4.69) is 51.8 Å². The molecule has 0 aromatic heterocycles. The van der Waals surface area contributed by atoms with Crippen LogP contribution in [0.3, 0.4) is 0 Å². The van der Waals surface area contributed by atoms with E-state index in [9.17, 15) is 0 Å². The van der Waals surface area contributed by atoms with Crippen LogP contribution in [0, 0.1) is 0 Å². The molecule has 0 spiro atoms. The Hall–Kier alpha value is -0.0600. The fraction of sp³-hybridized carbons (Fsp3) is 0.571. The summed E-state index contributed by atoms with van der Waals surface area (Å²) in [7, 11) is 0. The van der Waals surface area contributed by atoms with E-state index < -0.39 is 0 Å². The highest BCUT2D eigenvalue weighted by molar-refractivity contribution is 9.10. The van der Waals surface area contributed by atoms with Crippen LogP contribution in [0.1, 0.15) is 32.3 Å². The van der Waals surface area contributed by atoms with E-state index in [4.69, 9.17) is 9.47 Å². The summed E-state index contributed by atoms with van der Waals surface area (Å²) in [5.74, 6) is 0.919. The van der Waals surface area contributed by atoms with E-state index in [0.29, 0.717) is 6.61 Å². The van der Waals surface area contributed by atoms with Crippen LogP contribution in [0.25, 0.3) is 0 Å². The highest BCUT2D eigenvalue weighted by Gasteiger charge is 2.32. The van der Waals surface area contributed by atoms with Crippen LogP contribution in [0.4, 0.5) is 0 Å². The molecule has 0 radical (unpaired) electrons. The number of ether oxygens (including phenoxy) is 2. The van der Waals surface area contributed by atoms with Gasteiger partial charge in [0.15, 0.2) is 0 Å². The highest BCUT2D eigenvalue weighted by Crippen LogP contribution is 2.33. The van der Waals surface area contributed by atoms with E-state index in [0.717, 1.165) is 34.0 Å². The van der Waals surface area contributed by atoms with Gasteiger partial charge < -0.3 is 9.47 Å². The second kappa shape index (κ2) is 5.93. The fourth-order valence-corrected chi connectivity index (χ4v) is 3.15. The lowest BCUT2D eigenvalue weighted by molar-refractivity contribution is -0.0328. The van der Waals surface area contributed by atoms with Crippen molar-refractivity contribution >= 4 is 31.9 Å². The van der Waals surface area contributed by atoms with Crippen molar-refractivity contribution in [3.63, 3.8) is 0 Å². The SMILES string of the molecule is CC1(C)CCC(COc2c(Br)cccc2CBr)O1. The molecule has 0 saturated carbocycles. The van der Waals surface area contributed by atoms with Gasteiger partial charge in [0.25, 0.3) is 0 Å². The molecule has 1 aliphatic rings. The van der Waals surface area contributed by atoms with Crippen molar-refractivity contribution in [1.29, 1.82) is 0 Å². The Morgan fingerprint density at radius 2 is 2.22 bits per heavy atom. The first kappa shape index (κ1) is 14.4. The second-order valence-corrected chi connectivity index (χ2v) is 6.63. The van der Waals surface area contributed by atoms with Crippen molar-refractivity contribution in [3.05, 3.63) is 28.2 Å². The number of benzene rings is 1. The molecule has 4 heteroatoms. The van der Waals surface area contributed by atoms with Gasteiger partial charge in [0, 0.05) is 10.9 Å². The van der Waals surface area contributed by atoms with Gasteiger partial charge in [-0.3, -0.25) is 0 Å². The average Bonchev–Trinajstić information content (AvgIpc) is 2.67. The Labute approximate surface area is 125 Å².